The van der Waals surface area contributed by atoms with Crippen molar-refractivity contribution >= 4 is 29.1 Å². The number of benzene rings is 2. The topological polar surface area (TPSA) is 49.8 Å². The molecule has 0 atom stereocenters. The van der Waals surface area contributed by atoms with Crippen LogP contribution in [0.15, 0.2) is 60.7 Å². The van der Waals surface area contributed by atoms with Gasteiger partial charge in [0, 0.05) is 29.0 Å². The van der Waals surface area contributed by atoms with Gasteiger partial charge in [-0.3, -0.25) is 0 Å². The minimum Gasteiger partial charge on any atom is -0.350 e. The van der Waals surface area contributed by atoms with Gasteiger partial charge in [0.15, 0.2) is 0 Å². The molecule has 0 saturated carbocycles. The van der Waals surface area contributed by atoms with E-state index >= 15 is 0 Å². The number of hydrogen-bond donors (Lipinski definition) is 2. The van der Waals surface area contributed by atoms with E-state index in [0.29, 0.717) is 12.5 Å². The summed E-state index contributed by atoms with van der Waals surface area (Å²) in [6, 6.07) is 19.6. The maximum absolute atomic E-state index is 6.17. The van der Waals surface area contributed by atoms with Crippen LogP contribution in [-0.4, -0.2) is 9.97 Å². The fourth-order valence-corrected chi connectivity index (χ4v) is 2.40. The van der Waals surface area contributed by atoms with Crippen LogP contribution in [0.4, 0.5) is 17.5 Å². The Hall–Kier alpha value is -2.59. The summed E-state index contributed by atoms with van der Waals surface area (Å²) >= 11 is 6.17. The normalized spacial score (nSPS) is 10.3. The summed E-state index contributed by atoms with van der Waals surface area (Å²) in [4.78, 5) is 8.91. The molecule has 116 valence electrons. The second kappa shape index (κ2) is 7.11. The lowest BCUT2D eigenvalue weighted by atomic mass is 10.2. The van der Waals surface area contributed by atoms with E-state index in [9.17, 15) is 0 Å². The Labute approximate surface area is 140 Å². The SMILES string of the molecule is Cc1cc(Nc2ccccc2)nc(NCc2ccccc2Cl)n1. The molecule has 2 aromatic carbocycles. The average molecular weight is 325 g/mol. The Bertz CT molecular complexity index is 790. The van der Waals surface area contributed by atoms with Crippen LogP contribution in [0.25, 0.3) is 0 Å². The molecular weight excluding hydrogens is 308 g/mol. The molecule has 3 aromatic rings. The maximum Gasteiger partial charge on any atom is 0.225 e. The Morgan fingerprint density at radius 1 is 0.957 bits per heavy atom. The molecule has 0 bridgehead atoms. The highest BCUT2D eigenvalue weighted by molar-refractivity contribution is 6.31. The summed E-state index contributed by atoms with van der Waals surface area (Å²) in [7, 11) is 0. The van der Waals surface area contributed by atoms with E-state index in [1.165, 1.54) is 0 Å². The first-order chi connectivity index (χ1) is 11.2. The van der Waals surface area contributed by atoms with Crippen molar-refractivity contribution in [1.82, 2.24) is 9.97 Å². The number of aromatic nitrogens is 2. The van der Waals surface area contributed by atoms with E-state index in [1.807, 2.05) is 67.6 Å². The maximum atomic E-state index is 6.17. The third-order valence-electron chi connectivity index (χ3n) is 3.30. The molecule has 0 unspecified atom stereocenters. The number of anilines is 3. The number of halogens is 1. The molecular formula is C18H17ClN4. The van der Waals surface area contributed by atoms with Crippen LogP contribution in [0.1, 0.15) is 11.3 Å². The zero-order chi connectivity index (χ0) is 16.1. The smallest absolute Gasteiger partial charge is 0.225 e. The van der Waals surface area contributed by atoms with E-state index in [4.69, 9.17) is 11.6 Å². The van der Waals surface area contributed by atoms with E-state index in [0.717, 1.165) is 27.8 Å². The summed E-state index contributed by atoms with van der Waals surface area (Å²) < 4.78 is 0. The van der Waals surface area contributed by atoms with Gasteiger partial charge < -0.3 is 10.6 Å². The fourth-order valence-electron chi connectivity index (χ4n) is 2.20. The van der Waals surface area contributed by atoms with Crippen LogP contribution in [0.3, 0.4) is 0 Å². The number of aryl methyl sites for hydroxylation is 1. The number of nitrogens with zero attached hydrogens (tertiary/aromatic N) is 2. The van der Waals surface area contributed by atoms with Gasteiger partial charge >= 0.3 is 0 Å². The number of rotatable bonds is 5. The summed E-state index contributed by atoms with van der Waals surface area (Å²) in [5.74, 6) is 1.33. The predicted molar refractivity (Wildman–Crippen MR) is 95.3 cm³/mol. The Kier molecular flexibility index (Phi) is 4.74. The van der Waals surface area contributed by atoms with Gasteiger partial charge in [0.2, 0.25) is 5.95 Å². The predicted octanol–water partition coefficient (Wildman–Crippen LogP) is 4.79. The van der Waals surface area contributed by atoms with Crippen LogP contribution in [0.2, 0.25) is 5.02 Å². The van der Waals surface area contributed by atoms with Crippen LogP contribution in [0, 0.1) is 6.92 Å². The highest BCUT2D eigenvalue weighted by Crippen LogP contribution is 2.18. The van der Waals surface area contributed by atoms with Crippen LogP contribution >= 0.6 is 11.6 Å². The molecule has 1 heterocycles. The largest absolute Gasteiger partial charge is 0.350 e. The van der Waals surface area contributed by atoms with Gasteiger partial charge in [-0.15, -0.1) is 0 Å². The average Bonchev–Trinajstić information content (AvgIpc) is 2.54. The van der Waals surface area contributed by atoms with Gasteiger partial charge in [-0.1, -0.05) is 48.0 Å². The second-order valence-corrected chi connectivity index (χ2v) is 5.56. The first kappa shape index (κ1) is 15.3. The lowest BCUT2D eigenvalue weighted by molar-refractivity contribution is 1.03. The molecule has 3 rings (SSSR count). The lowest BCUT2D eigenvalue weighted by Crippen LogP contribution is -2.06. The minimum atomic E-state index is 0.573. The first-order valence-corrected chi connectivity index (χ1v) is 7.73. The highest BCUT2D eigenvalue weighted by atomic mass is 35.5. The Balaban J connectivity index is 1.74. The van der Waals surface area contributed by atoms with Gasteiger partial charge in [0.25, 0.3) is 0 Å². The van der Waals surface area contributed by atoms with Crippen molar-refractivity contribution in [3.8, 4) is 0 Å². The van der Waals surface area contributed by atoms with Crippen molar-refractivity contribution in [1.29, 1.82) is 0 Å². The molecule has 0 fully saturated rings. The van der Waals surface area contributed by atoms with Crippen molar-refractivity contribution in [3.05, 3.63) is 76.9 Å². The summed E-state index contributed by atoms with van der Waals surface area (Å²) in [6.45, 7) is 2.52. The van der Waals surface area contributed by atoms with Crippen LogP contribution < -0.4 is 10.6 Å². The van der Waals surface area contributed by atoms with Gasteiger partial charge in [0.05, 0.1) is 0 Å². The molecule has 5 heteroatoms. The third-order valence-corrected chi connectivity index (χ3v) is 3.66. The summed E-state index contributed by atoms with van der Waals surface area (Å²) in [6.07, 6.45) is 0. The van der Waals surface area contributed by atoms with Crippen molar-refractivity contribution in [2.45, 2.75) is 13.5 Å². The number of hydrogen-bond acceptors (Lipinski definition) is 4. The second-order valence-electron chi connectivity index (χ2n) is 5.15. The monoisotopic (exact) mass is 324 g/mol. The van der Waals surface area contributed by atoms with Crippen LogP contribution in [-0.2, 0) is 6.54 Å². The zero-order valence-corrected chi connectivity index (χ0v) is 13.5. The van der Waals surface area contributed by atoms with Crippen molar-refractivity contribution in [3.63, 3.8) is 0 Å². The van der Waals surface area contributed by atoms with E-state index in [2.05, 4.69) is 20.6 Å². The van der Waals surface area contributed by atoms with E-state index in [1.54, 1.807) is 0 Å². The third kappa shape index (κ3) is 4.20. The van der Waals surface area contributed by atoms with Gasteiger partial charge in [0.1, 0.15) is 5.82 Å². The fraction of sp³-hybridized carbons (Fsp3) is 0.111. The quantitative estimate of drug-likeness (QED) is 0.708. The lowest BCUT2D eigenvalue weighted by Gasteiger charge is -2.10. The highest BCUT2D eigenvalue weighted by Gasteiger charge is 2.04. The molecule has 1 aromatic heterocycles. The molecule has 4 nitrogen and oxygen atoms in total. The Morgan fingerprint density at radius 2 is 1.70 bits per heavy atom. The minimum absolute atomic E-state index is 0.573. The zero-order valence-electron chi connectivity index (χ0n) is 12.8. The van der Waals surface area contributed by atoms with Crippen LogP contribution in [0.5, 0.6) is 0 Å². The molecule has 2 N–H and O–H groups in total. The van der Waals surface area contributed by atoms with Gasteiger partial charge in [-0.05, 0) is 30.7 Å². The summed E-state index contributed by atoms with van der Waals surface area (Å²) in [5.41, 5.74) is 2.89. The van der Waals surface area contributed by atoms with Crippen molar-refractivity contribution < 1.29 is 0 Å². The van der Waals surface area contributed by atoms with Crippen molar-refractivity contribution in [2.24, 2.45) is 0 Å². The van der Waals surface area contributed by atoms with Gasteiger partial charge in [-0.2, -0.15) is 4.98 Å². The summed E-state index contributed by atoms with van der Waals surface area (Å²) in [5, 5.41) is 7.23. The molecule has 0 radical (unpaired) electrons. The molecule has 0 amide bonds. The number of nitrogens with one attached hydrogen (secondary N) is 2. The molecule has 0 aliphatic rings. The standard InChI is InChI=1S/C18H17ClN4/c1-13-11-17(22-15-8-3-2-4-9-15)23-18(21-13)20-12-14-7-5-6-10-16(14)19/h2-11H,12H2,1H3,(H2,20,21,22,23). The molecule has 0 spiro atoms. The first-order valence-electron chi connectivity index (χ1n) is 7.36. The molecule has 0 aliphatic heterocycles. The number of para-hydroxylation sites is 1. The molecule has 23 heavy (non-hydrogen) atoms. The molecule has 0 saturated heterocycles. The van der Waals surface area contributed by atoms with Crippen molar-refractivity contribution in [2.75, 3.05) is 10.6 Å². The van der Waals surface area contributed by atoms with Gasteiger partial charge in [-0.25, -0.2) is 4.98 Å². The molecule has 0 aliphatic carbocycles. The Morgan fingerprint density at radius 3 is 2.48 bits per heavy atom. The van der Waals surface area contributed by atoms with E-state index in [-0.39, 0.29) is 0 Å². The van der Waals surface area contributed by atoms with E-state index < -0.39 is 0 Å².